The van der Waals surface area contributed by atoms with Crippen molar-refractivity contribution in [2.45, 2.75) is 25.6 Å². The number of rotatable bonds is 5. The zero-order valence-corrected chi connectivity index (χ0v) is 9.72. The van der Waals surface area contributed by atoms with Crippen LogP contribution in [-0.4, -0.2) is 38.5 Å². The molecule has 0 fully saturated rings. The lowest BCUT2D eigenvalue weighted by Gasteiger charge is -2.18. The first-order valence-corrected chi connectivity index (χ1v) is 5.16. The van der Waals surface area contributed by atoms with E-state index >= 15 is 0 Å². The lowest BCUT2D eigenvalue weighted by atomic mass is 10.2. The van der Waals surface area contributed by atoms with Gasteiger partial charge in [-0.05, 0) is 6.42 Å². The van der Waals surface area contributed by atoms with Crippen molar-refractivity contribution in [1.29, 1.82) is 0 Å². The minimum Gasteiger partial charge on any atom is -0.477 e. The van der Waals surface area contributed by atoms with Crippen molar-refractivity contribution in [3.8, 4) is 0 Å². The van der Waals surface area contributed by atoms with Crippen molar-refractivity contribution in [2.24, 2.45) is 0 Å². The van der Waals surface area contributed by atoms with Crippen LogP contribution in [0.2, 0.25) is 0 Å². The smallest absolute Gasteiger partial charge is 0.417 e. The quantitative estimate of drug-likeness (QED) is 0.651. The number of carbonyl (C=O) groups is 1. The van der Waals surface area contributed by atoms with Gasteiger partial charge in [-0.2, -0.15) is 18.3 Å². The Morgan fingerprint density at radius 1 is 1.63 bits per heavy atom. The molecule has 106 valence electrons. The normalized spacial score (nSPS) is 13.3. The summed E-state index contributed by atoms with van der Waals surface area (Å²) >= 11 is 0. The number of aryl methyl sites for hydroxylation is 1. The summed E-state index contributed by atoms with van der Waals surface area (Å²) in [5.74, 6) is -1.60. The number of nitro groups is 1. The summed E-state index contributed by atoms with van der Waals surface area (Å²) in [6.07, 6.45) is -3.83. The fourth-order valence-electron chi connectivity index (χ4n) is 1.59. The van der Waals surface area contributed by atoms with Crippen LogP contribution in [0.3, 0.4) is 0 Å². The molecular weight excluding hydrogens is 271 g/mol. The van der Waals surface area contributed by atoms with E-state index in [1.54, 1.807) is 6.92 Å². The fraction of sp³-hybridized carbons (Fsp3) is 0.556. The molecule has 1 heterocycles. The summed E-state index contributed by atoms with van der Waals surface area (Å²) in [7, 11) is 0. The Morgan fingerprint density at radius 3 is 2.58 bits per heavy atom. The van der Waals surface area contributed by atoms with Crippen molar-refractivity contribution in [3.63, 3.8) is 0 Å². The number of halogens is 3. The minimum absolute atomic E-state index is 0.0881. The van der Waals surface area contributed by atoms with Crippen molar-refractivity contribution in [1.82, 2.24) is 9.78 Å². The summed E-state index contributed by atoms with van der Waals surface area (Å²) in [5, 5.41) is 22.6. The first-order valence-electron chi connectivity index (χ1n) is 5.16. The molecule has 0 amide bonds. The Balaban J connectivity index is 3.34. The maximum atomic E-state index is 12.8. The van der Waals surface area contributed by atoms with Crippen LogP contribution in [0.5, 0.6) is 0 Å². The highest BCUT2D eigenvalue weighted by Gasteiger charge is 2.47. The zero-order valence-electron chi connectivity index (χ0n) is 9.72. The molecule has 0 spiro atoms. The molecule has 0 aromatic carbocycles. The molecule has 1 atom stereocenters. The van der Waals surface area contributed by atoms with Gasteiger partial charge in [-0.3, -0.25) is 10.1 Å². The second-order valence-corrected chi connectivity index (χ2v) is 3.69. The molecule has 7 nitrogen and oxygen atoms in total. The van der Waals surface area contributed by atoms with Gasteiger partial charge in [0.05, 0.1) is 6.20 Å². The monoisotopic (exact) mass is 281 g/mol. The highest BCUT2D eigenvalue weighted by Crippen LogP contribution is 2.32. The van der Waals surface area contributed by atoms with Crippen LogP contribution >= 0.6 is 0 Å². The summed E-state index contributed by atoms with van der Waals surface area (Å²) in [5.41, 5.74) is -0.586. The Labute approximate surface area is 104 Å². The molecule has 1 N–H and O–H groups in total. The van der Waals surface area contributed by atoms with Gasteiger partial charge in [-0.15, -0.1) is 0 Å². The number of carboxylic acids is 1. The maximum Gasteiger partial charge on any atom is 0.417 e. The van der Waals surface area contributed by atoms with Gasteiger partial charge in [0.1, 0.15) is 5.69 Å². The predicted octanol–water partition coefficient (Wildman–Crippen LogP) is 1.52. The molecule has 0 saturated carbocycles. The van der Waals surface area contributed by atoms with Crippen molar-refractivity contribution in [3.05, 3.63) is 27.6 Å². The highest BCUT2D eigenvalue weighted by atomic mass is 19.4. The molecule has 0 aliphatic rings. The molecule has 0 aliphatic carbocycles. The average molecular weight is 281 g/mol. The largest absolute Gasteiger partial charge is 0.477 e. The van der Waals surface area contributed by atoms with Gasteiger partial charge in [-0.1, -0.05) is 6.92 Å². The molecule has 1 unspecified atom stereocenters. The van der Waals surface area contributed by atoms with Crippen molar-refractivity contribution >= 4 is 5.97 Å². The molecule has 1 aromatic heterocycles. The van der Waals surface area contributed by atoms with E-state index < -0.39 is 35.3 Å². The van der Waals surface area contributed by atoms with E-state index in [0.29, 0.717) is 0 Å². The summed E-state index contributed by atoms with van der Waals surface area (Å²) in [6.45, 7) is 0.0680. The Morgan fingerprint density at radius 2 is 2.21 bits per heavy atom. The maximum absolute atomic E-state index is 12.8. The number of carboxylic acid groups (broad SMARTS) is 1. The molecule has 1 aromatic rings. The molecule has 10 heteroatoms. The number of hydrogen-bond acceptors (Lipinski definition) is 4. The van der Waals surface area contributed by atoms with E-state index in [0.717, 1.165) is 6.20 Å². The van der Waals surface area contributed by atoms with Crippen LogP contribution in [0.1, 0.15) is 29.0 Å². The van der Waals surface area contributed by atoms with E-state index in [9.17, 15) is 28.1 Å². The van der Waals surface area contributed by atoms with Crippen LogP contribution in [0.15, 0.2) is 6.20 Å². The van der Waals surface area contributed by atoms with E-state index in [1.807, 2.05) is 0 Å². The third-order valence-corrected chi connectivity index (χ3v) is 2.45. The van der Waals surface area contributed by atoms with Gasteiger partial charge in [0.2, 0.25) is 12.6 Å². The molecule has 0 aliphatic heterocycles. The summed E-state index contributed by atoms with van der Waals surface area (Å²) in [6, 6.07) is -2.60. The summed E-state index contributed by atoms with van der Waals surface area (Å²) in [4.78, 5) is 20.1. The van der Waals surface area contributed by atoms with E-state index in [1.165, 1.54) is 0 Å². The minimum atomic E-state index is -4.96. The number of nitrogens with zero attached hydrogens (tertiary/aromatic N) is 3. The van der Waals surface area contributed by atoms with Crippen LogP contribution in [0.25, 0.3) is 0 Å². The first kappa shape index (κ1) is 14.9. The van der Waals surface area contributed by atoms with Gasteiger partial charge >= 0.3 is 12.1 Å². The molecule has 0 bridgehead atoms. The van der Waals surface area contributed by atoms with Crippen LogP contribution in [0.4, 0.5) is 13.2 Å². The number of aromatic carboxylic acids is 1. The molecular formula is C9H10F3N3O4. The van der Waals surface area contributed by atoms with E-state index in [2.05, 4.69) is 5.10 Å². The molecule has 0 saturated heterocycles. The van der Waals surface area contributed by atoms with Crippen LogP contribution in [0, 0.1) is 10.1 Å². The molecule has 1 rings (SSSR count). The zero-order chi connectivity index (χ0) is 14.8. The average Bonchev–Trinajstić information content (AvgIpc) is 2.67. The van der Waals surface area contributed by atoms with Crippen molar-refractivity contribution in [2.75, 3.05) is 6.54 Å². The highest BCUT2D eigenvalue weighted by molar-refractivity contribution is 5.87. The third-order valence-electron chi connectivity index (χ3n) is 2.45. The van der Waals surface area contributed by atoms with Crippen LogP contribution < -0.4 is 0 Å². The molecule has 0 radical (unpaired) electrons. The summed E-state index contributed by atoms with van der Waals surface area (Å²) < 4.78 is 38.5. The number of hydrogen-bond donors (Lipinski definition) is 1. The van der Waals surface area contributed by atoms with Crippen LogP contribution in [-0.2, 0) is 6.42 Å². The Hall–Kier alpha value is -2.13. The molecule has 19 heavy (non-hydrogen) atoms. The Bertz CT molecular complexity index is 497. The first-order chi connectivity index (χ1) is 8.68. The standard InChI is InChI=1S/C9H10F3N3O4/c1-2-5-3-13-15(7(5)8(16)17)6(4-14(18)19)9(10,11)12/h3,6H,2,4H2,1H3,(H,16,17). The number of aromatic nitrogens is 2. The van der Waals surface area contributed by atoms with E-state index in [-0.39, 0.29) is 16.7 Å². The van der Waals surface area contributed by atoms with Gasteiger partial charge < -0.3 is 5.11 Å². The van der Waals surface area contributed by atoms with Gasteiger partial charge in [0, 0.05) is 10.5 Å². The number of alkyl halides is 3. The third kappa shape index (κ3) is 3.20. The lowest BCUT2D eigenvalue weighted by molar-refractivity contribution is -0.495. The van der Waals surface area contributed by atoms with Gasteiger partial charge in [-0.25, -0.2) is 9.48 Å². The van der Waals surface area contributed by atoms with Gasteiger partial charge in [0.25, 0.3) is 0 Å². The van der Waals surface area contributed by atoms with Gasteiger partial charge in [0.15, 0.2) is 0 Å². The Kier molecular flexibility index (Phi) is 4.12. The second-order valence-electron chi connectivity index (χ2n) is 3.69. The predicted molar refractivity (Wildman–Crippen MR) is 55.5 cm³/mol. The van der Waals surface area contributed by atoms with Crippen molar-refractivity contribution < 1.29 is 28.0 Å². The van der Waals surface area contributed by atoms with E-state index in [4.69, 9.17) is 5.11 Å². The fourth-order valence-corrected chi connectivity index (χ4v) is 1.59. The topological polar surface area (TPSA) is 98.3 Å². The second kappa shape index (κ2) is 5.24. The lowest BCUT2D eigenvalue weighted by Crippen LogP contribution is -2.35. The SMILES string of the molecule is CCc1cnn(C(C[N+](=O)[O-])C(F)(F)F)c1C(=O)O.